The number of carbonyl (C=O) groups excluding carboxylic acids is 1. The van der Waals surface area contributed by atoms with Gasteiger partial charge in [0.1, 0.15) is 6.29 Å². The summed E-state index contributed by atoms with van der Waals surface area (Å²) in [5.74, 6) is 0. The van der Waals surface area contributed by atoms with Crippen LogP contribution in [0.15, 0.2) is 34.9 Å². The largest absolute Gasteiger partial charge is 0.298 e. The van der Waals surface area contributed by atoms with Gasteiger partial charge in [0.25, 0.3) is 0 Å². The lowest BCUT2D eigenvalue weighted by Gasteiger charge is -2.32. The van der Waals surface area contributed by atoms with Crippen molar-refractivity contribution in [3.8, 4) is 0 Å². The standard InChI is InChI=1S/C14H20O/c1-11(10-15)7-8-13-12(2)6-5-9-14(13,3)4/h6-8,10H,5,9H2,1-4H3. The van der Waals surface area contributed by atoms with Gasteiger partial charge >= 0.3 is 0 Å². The summed E-state index contributed by atoms with van der Waals surface area (Å²) < 4.78 is 0. The van der Waals surface area contributed by atoms with Gasteiger partial charge in [-0.3, -0.25) is 4.79 Å². The van der Waals surface area contributed by atoms with Crippen LogP contribution < -0.4 is 0 Å². The van der Waals surface area contributed by atoms with Gasteiger partial charge in [-0.15, -0.1) is 0 Å². The Balaban J connectivity index is 3.04. The highest BCUT2D eigenvalue weighted by molar-refractivity contribution is 5.72. The first-order valence-corrected chi connectivity index (χ1v) is 5.49. The van der Waals surface area contributed by atoms with Crippen molar-refractivity contribution >= 4 is 6.29 Å². The molecule has 0 aliphatic heterocycles. The quantitative estimate of drug-likeness (QED) is 0.493. The van der Waals surface area contributed by atoms with E-state index in [9.17, 15) is 4.79 Å². The van der Waals surface area contributed by atoms with Crippen molar-refractivity contribution in [3.05, 3.63) is 34.9 Å². The van der Waals surface area contributed by atoms with Crippen LogP contribution in [0.1, 0.15) is 40.5 Å². The molecule has 0 fully saturated rings. The molecule has 1 aliphatic rings. The molecule has 1 nitrogen and oxygen atoms in total. The third-order valence-corrected chi connectivity index (χ3v) is 3.07. The summed E-state index contributed by atoms with van der Waals surface area (Å²) in [6.07, 6.45) is 9.52. The van der Waals surface area contributed by atoms with E-state index in [4.69, 9.17) is 0 Å². The molecule has 0 saturated carbocycles. The molecule has 0 atom stereocenters. The van der Waals surface area contributed by atoms with Gasteiger partial charge in [0, 0.05) is 0 Å². The molecular formula is C14H20O. The summed E-state index contributed by atoms with van der Waals surface area (Å²) in [5, 5.41) is 0. The maximum Gasteiger partial charge on any atom is 0.145 e. The van der Waals surface area contributed by atoms with Crippen LogP contribution >= 0.6 is 0 Å². The van der Waals surface area contributed by atoms with Crippen molar-refractivity contribution in [2.45, 2.75) is 40.5 Å². The molecule has 0 aromatic rings. The summed E-state index contributed by atoms with van der Waals surface area (Å²) >= 11 is 0. The fourth-order valence-electron chi connectivity index (χ4n) is 2.04. The topological polar surface area (TPSA) is 17.1 Å². The molecule has 0 N–H and O–H groups in total. The second-order valence-corrected chi connectivity index (χ2v) is 4.92. The van der Waals surface area contributed by atoms with E-state index in [0.29, 0.717) is 0 Å². The zero-order chi connectivity index (χ0) is 11.5. The smallest absolute Gasteiger partial charge is 0.145 e. The SMILES string of the molecule is CC(C=O)=CC=C1C(C)=CCCC1(C)C. The first-order chi connectivity index (χ1) is 6.97. The molecule has 0 bridgehead atoms. The van der Waals surface area contributed by atoms with Crippen molar-refractivity contribution in [1.82, 2.24) is 0 Å². The Morgan fingerprint density at radius 1 is 1.47 bits per heavy atom. The van der Waals surface area contributed by atoms with Crippen LogP contribution in [0, 0.1) is 5.41 Å². The highest BCUT2D eigenvalue weighted by Crippen LogP contribution is 2.40. The monoisotopic (exact) mass is 204 g/mol. The Morgan fingerprint density at radius 3 is 2.67 bits per heavy atom. The van der Waals surface area contributed by atoms with Crippen LogP contribution in [-0.4, -0.2) is 6.29 Å². The van der Waals surface area contributed by atoms with Gasteiger partial charge in [0.15, 0.2) is 0 Å². The first-order valence-electron chi connectivity index (χ1n) is 5.49. The lowest BCUT2D eigenvalue weighted by atomic mass is 9.73. The second-order valence-electron chi connectivity index (χ2n) is 4.92. The van der Waals surface area contributed by atoms with Crippen molar-refractivity contribution < 1.29 is 4.79 Å². The average Bonchev–Trinajstić information content (AvgIpc) is 2.15. The van der Waals surface area contributed by atoms with E-state index in [-0.39, 0.29) is 5.41 Å². The van der Waals surface area contributed by atoms with Crippen molar-refractivity contribution in [2.75, 3.05) is 0 Å². The summed E-state index contributed by atoms with van der Waals surface area (Å²) in [5.41, 5.74) is 3.71. The van der Waals surface area contributed by atoms with Crippen molar-refractivity contribution in [3.63, 3.8) is 0 Å². The number of rotatable bonds is 2. The van der Waals surface area contributed by atoms with Crippen LogP contribution in [-0.2, 0) is 4.79 Å². The lowest BCUT2D eigenvalue weighted by Crippen LogP contribution is -2.18. The minimum absolute atomic E-state index is 0.235. The second kappa shape index (κ2) is 4.61. The van der Waals surface area contributed by atoms with Gasteiger partial charge in [0.2, 0.25) is 0 Å². The highest BCUT2D eigenvalue weighted by Gasteiger charge is 2.26. The molecule has 15 heavy (non-hydrogen) atoms. The van der Waals surface area contributed by atoms with E-state index in [1.54, 1.807) is 0 Å². The number of hydrogen-bond donors (Lipinski definition) is 0. The van der Waals surface area contributed by atoms with Crippen molar-refractivity contribution in [1.29, 1.82) is 0 Å². The molecule has 1 rings (SSSR count). The molecule has 0 amide bonds. The van der Waals surface area contributed by atoms with Gasteiger partial charge in [-0.05, 0) is 43.3 Å². The molecule has 1 aliphatic carbocycles. The van der Waals surface area contributed by atoms with Crippen LogP contribution in [0.2, 0.25) is 0 Å². The van der Waals surface area contributed by atoms with E-state index >= 15 is 0 Å². The molecule has 0 saturated heterocycles. The zero-order valence-electron chi connectivity index (χ0n) is 10.1. The molecule has 1 heteroatoms. The number of carbonyl (C=O) groups is 1. The van der Waals surface area contributed by atoms with Crippen molar-refractivity contribution in [2.24, 2.45) is 5.41 Å². The fraction of sp³-hybridized carbons (Fsp3) is 0.500. The Kier molecular flexibility index (Phi) is 3.67. The van der Waals surface area contributed by atoms with Crippen LogP contribution in [0.4, 0.5) is 0 Å². The highest BCUT2D eigenvalue weighted by atomic mass is 16.1. The Hall–Kier alpha value is -1.11. The molecule has 0 heterocycles. The third kappa shape index (κ3) is 2.92. The molecule has 0 unspecified atom stereocenters. The third-order valence-electron chi connectivity index (χ3n) is 3.07. The van der Waals surface area contributed by atoms with Gasteiger partial charge in [-0.2, -0.15) is 0 Å². The molecule has 82 valence electrons. The predicted molar refractivity (Wildman–Crippen MR) is 64.7 cm³/mol. The van der Waals surface area contributed by atoms with Gasteiger partial charge < -0.3 is 0 Å². The molecule has 0 aromatic carbocycles. The summed E-state index contributed by atoms with van der Waals surface area (Å²) in [6.45, 7) is 8.51. The average molecular weight is 204 g/mol. The normalized spacial score (nSPS) is 23.9. The summed E-state index contributed by atoms with van der Waals surface area (Å²) in [6, 6.07) is 0. The van der Waals surface area contributed by atoms with E-state index in [0.717, 1.165) is 18.3 Å². The molecular weight excluding hydrogens is 184 g/mol. The van der Waals surface area contributed by atoms with Crippen LogP contribution in [0.5, 0.6) is 0 Å². The van der Waals surface area contributed by atoms with Gasteiger partial charge in [0.05, 0.1) is 0 Å². The van der Waals surface area contributed by atoms with E-state index in [2.05, 4.69) is 32.9 Å². The Morgan fingerprint density at radius 2 is 2.13 bits per heavy atom. The predicted octanol–water partition coefficient (Wildman–Crippen LogP) is 3.82. The zero-order valence-corrected chi connectivity index (χ0v) is 10.1. The van der Waals surface area contributed by atoms with Crippen LogP contribution in [0.25, 0.3) is 0 Å². The minimum atomic E-state index is 0.235. The number of hydrogen-bond acceptors (Lipinski definition) is 1. The van der Waals surface area contributed by atoms with E-state index in [1.807, 2.05) is 13.0 Å². The fourth-order valence-corrected chi connectivity index (χ4v) is 2.04. The maximum atomic E-state index is 10.5. The summed E-state index contributed by atoms with van der Waals surface area (Å²) in [4.78, 5) is 10.5. The summed E-state index contributed by atoms with van der Waals surface area (Å²) in [7, 11) is 0. The van der Waals surface area contributed by atoms with E-state index < -0.39 is 0 Å². The first kappa shape index (κ1) is 12.0. The van der Waals surface area contributed by atoms with E-state index in [1.165, 1.54) is 17.6 Å². The number of aldehydes is 1. The minimum Gasteiger partial charge on any atom is -0.298 e. The molecule has 0 spiro atoms. The van der Waals surface area contributed by atoms with Gasteiger partial charge in [-0.1, -0.05) is 37.6 Å². The van der Waals surface area contributed by atoms with Crippen LogP contribution in [0.3, 0.4) is 0 Å². The maximum absolute atomic E-state index is 10.5. The molecule has 0 radical (unpaired) electrons. The lowest BCUT2D eigenvalue weighted by molar-refractivity contribution is -0.104. The number of allylic oxidation sites excluding steroid dienone is 6. The molecule has 0 aromatic heterocycles. The van der Waals surface area contributed by atoms with Gasteiger partial charge in [-0.25, -0.2) is 0 Å². The Bertz CT molecular complexity index is 340. The Labute approximate surface area is 92.6 Å².